The molecule has 1 rings (SSSR count). The number of esters is 1. The zero-order chi connectivity index (χ0) is 14.6. The highest BCUT2D eigenvalue weighted by Crippen LogP contribution is 2.12. The molecule has 0 atom stereocenters. The van der Waals surface area contributed by atoms with E-state index in [1.807, 2.05) is 24.3 Å². The Bertz CT molecular complexity index is 395. The summed E-state index contributed by atoms with van der Waals surface area (Å²) in [4.78, 5) is 11.5. The average Bonchev–Trinajstić information content (AvgIpc) is 2.45. The number of hydrogen-bond donors (Lipinski definition) is 1. The summed E-state index contributed by atoms with van der Waals surface area (Å²) in [5.41, 5.74) is 7.49. The molecule has 0 heterocycles. The second-order valence-electron chi connectivity index (χ2n) is 4.38. The molecular weight excluding hydrogens is 258 g/mol. The molecule has 0 aromatic heterocycles. The van der Waals surface area contributed by atoms with Gasteiger partial charge in [-0.25, -0.2) is 0 Å². The van der Waals surface area contributed by atoms with Gasteiger partial charge in [0.25, 0.3) is 0 Å². The van der Waals surface area contributed by atoms with Crippen molar-refractivity contribution in [1.29, 1.82) is 0 Å². The van der Waals surface area contributed by atoms with Gasteiger partial charge in [0, 0.05) is 32.4 Å². The van der Waals surface area contributed by atoms with Crippen LogP contribution in [-0.4, -0.2) is 39.5 Å². The Morgan fingerprint density at radius 2 is 1.95 bits per heavy atom. The van der Waals surface area contributed by atoms with Crippen molar-refractivity contribution in [2.45, 2.75) is 19.3 Å². The molecule has 5 heteroatoms. The Labute approximate surface area is 120 Å². The fourth-order valence-electron chi connectivity index (χ4n) is 1.69. The first-order chi connectivity index (χ1) is 9.74. The molecule has 0 fully saturated rings. The molecule has 112 valence electrons. The van der Waals surface area contributed by atoms with Crippen LogP contribution in [0, 0.1) is 0 Å². The third-order valence-electron chi connectivity index (χ3n) is 2.78. The Hall–Kier alpha value is -1.59. The van der Waals surface area contributed by atoms with E-state index < -0.39 is 0 Å². The number of methoxy groups -OCH3 is 1. The molecule has 0 radical (unpaired) electrons. The SMILES string of the molecule is COCCCOCCOC(=O)CCc1ccccc1N. The van der Waals surface area contributed by atoms with Crippen LogP contribution in [0.25, 0.3) is 0 Å². The van der Waals surface area contributed by atoms with Crippen LogP contribution in [-0.2, 0) is 25.4 Å². The molecule has 0 spiro atoms. The molecule has 20 heavy (non-hydrogen) atoms. The van der Waals surface area contributed by atoms with E-state index in [1.165, 1.54) is 0 Å². The summed E-state index contributed by atoms with van der Waals surface area (Å²) in [5.74, 6) is -0.228. The summed E-state index contributed by atoms with van der Waals surface area (Å²) >= 11 is 0. The van der Waals surface area contributed by atoms with E-state index >= 15 is 0 Å². The molecule has 1 aromatic carbocycles. The topological polar surface area (TPSA) is 70.8 Å². The lowest BCUT2D eigenvalue weighted by Gasteiger charge is -2.07. The second kappa shape index (κ2) is 10.2. The number of benzene rings is 1. The van der Waals surface area contributed by atoms with Crippen LogP contribution in [0.5, 0.6) is 0 Å². The number of carbonyl (C=O) groups is 1. The van der Waals surface area contributed by atoms with E-state index in [0.29, 0.717) is 38.3 Å². The van der Waals surface area contributed by atoms with Crippen LogP contribution in [0.15, 0.2) is 24.3 Å². The van der Waals surface area contributed by atoms with E-state index in [9.17, 15) is 4.79 Å². The molecule has 0 aliphatic rings. The van der Waals surface area contributed by atoms with E-state index in [2.05, 4.69) is 0 Å². The molecular formula is C15H23NO4. The van der Waals surface area contributed by atoms with Crippen molar-refractivity contribution in [3.8, 4) is 0 Å². The monoisotopic (exact) mass is 281 g/mol. The summed E-state index contributed by atoms with van der Waals surface area (Å²) in [6, 6.07) is 7.53. The Kier molecular flexibility index (Phi) is 8.42. The molecule has 2 N–H and O–H groups in total. The third-order valence-corrected chi connectivity index (χ3v) is 2.78. The van der Waals surface area contributed by atoms with Crippen molar-refractivity contribution in [3.63, 3.8) is 0 Å². The molecule has 5 nitrogen and oxygen atoms in total. The lowest BCUT2D eigenvalue weighted by atomic mass is 10.1. The minimum atomic E-state index is -0.228. The van der Waals surface area contributed by atoms with Gasteiger partial charge in [-0.2, -0.15) is 0 Å². The first-order valence-corrected chi connectivity index (χ1v) is 6.79. The van der Waals surface area contributed by atoms with Gasteiger partial charge in [0.15, 0.2) is 0 Å². The van der Waals surface area contributed by atoms with Gasteiger partial charge >= 0.3 is 5.97 Å². The molecule has 0 aliphatic heterocycles. The largest absolute Gasteiger partial charge is 0.463 e. The molecule has 0 saturated carbocycles. The zero-order valence-electron chi connectivity index (χ0n) is 12.0. The van der Waals surface area contributed by atoms with Crippen LogP contribution >= 0.6 is 0 Å². The summed E-state index contributed by atoms with van der Waals surface area (Å²) < 4.78 is 15.3. The standard InChI is InChI=1S/C15H23NO4/c1-18-9-4-10-19-11-12-20-15(17)8-7-13-5-2-3-6-14(13)16/h2-3,5-6H,4,7-12,16H2,1H3. The van der Waals surface area contributed by atoms with E-state index in [0.717, 1.165) is 12.0 Å². The van der Waals surface area contributed by atoms with Crippen LogP contribution in [0.3, 0.4) is 0 Å². The molecule has 0 bridgehead atoms. The maximum atomic E-state index is 11.5. The molecule has 1 aromatic rings. The number of ether oxygens (including phenoxy) is 3. The van der Waals surface area contributed by atoms with E-state index in [1.54, 1.807) is 7.11 Å². The van der Waals surface area contributed by atoms with Gasteiger partial charge in [0.2, 0.25) is 0 Å². The van der Waals surface area contributed by atoms with Gasteiger partial charge in [-0.1, -0.05) is 18.2 Å². The number of nitrogen functional groups attached to an aromatic ring is 1. The smallest absolute Gasteiger partial charge is 0.306 e. The summed E-state index contributed by atoms with van der Waals surface area (Å²) in [7, 11) is 1.65. The maximum absolute atomic E-state index is 11.5. The highest BCUT2D eigenvalue weighted by molar-refractivity contribution is 5.70. The third kappa shape index (κ3) is 7.11. The number of carbonyl (C=O) groups excluding carboxylic acids is 1. The van der Waals surface area contributed by atoms with Gasteiger partial charge in [-0.3, -0.25) is 4.79 Å². The summed E-state index contributed by atoms with van der Waals surface area (Å²) in [6.45, 7) is 2.00. The number of rotatable bonds is 10. The van der Waals surface area contributed by atoms with E-state index in [-0.39, 0.29) is 12.6 Å². The first-order valence-electron chi connectivity index (χ1n) is 6.79. The lowest BCUT2D eigenvalue weighted by Crippen LogP contribution is -2.12. The van der Waals surface area contributed by atoms with Gasteiger partial charge in [0.05, 0.1) is 6.61 Å². The second-order valence-corrected chi connectivity index (χ2v) is 4.38. The Morgan fingerprint density at radius 1 is 1.15 bits per heavy atom. The normalized spacial score (nSPS) is 10.4. The van der Waals surface area contributed by atoms with Crippen LogP contribution < -0.4 is 5.73 Å². The van der Waals surface area contributed by atoms with Crippen molar-refractivity contribution in [1.82, 2.24) is 0 Å². The van der Waals surface area contributed by atoms with Crippen LogP contribution in [0.4, 0.5) is 5.69 Å². The number of nitrogens with two attached hydrogens (primary N) is 1. The number of para-hydroxylation sites is 1. The predicted molar refractivity (Wildman–Crippen MR) is 77.4 cm³/mol. The van der Waals surface area contributed by atoms with Crippen molar-refractivity contribution in [2.75, 3.05) is 39.3 Å². The van der Waals surface area contributed by atoms with Crippen LogP contribution in [0.2, 0.25) is 0 Å². The van der Waals surface area contributed by atoms with Crippen molar-refractivity contribution >= 4 is 11.7 Å². The minimum absolute atomic E-state index is 0.228. The van der Waals surface area contributed by atoms with Crippen molar-refractivity contribution < 1.29 is 19.0 Å². The maximum Gasteiger partial charge on any atom is 0.306 e. The Balaban J connectivity index is 2.05. The highest BCUT2D eigenvalue weighted by Gasteiger charge is 2.05. The fraction of sp³-hybridized carbons (Fsp3) is 0.533. The van der Waals surface area contributed by atoms with Crippen molar-refractivity contribution in [2.24, 2.45) is 0 Å². The number of hydrogen-bond acceptors (Lipinski definition) is 5. The minimum Gasteiger partial charge on any atom is -0.463 e. The molecule has 0 aliphatic carbocycles. The average molecular weight is 281 g/mol. The molecule has 0 unspecified atom stereocenters. The molecule has 0 amide bonds. The first kappa shape index (κ1) is 16.5. The van der Waals surface area contributed by atoms with Gasteiger partial charge in [-0.15, -0.1) is 0 Å². The quantitative estimate of drug-likeness (QED) is 0.402. The predicted octanol–water partition coefficient (Wildman–Crippen LogP) is 1.80. The van der Waals surface area contributed by atoms with Gasteiger partial charge in [0.1, 0.15) is 6.61 Å². The number of aryl methyl sites for hydroxylation is 1. The van der Waals surface area contributed by atoms with E-state index in [4.69, 9.17) is 19.9 Å². The lowest BCUT2D eigenvalue weighted by molar-refractivity contribution is -0.145. The fourth-order valence-corrected chi connectivity index (χ4v) is 1.69. The number of anilines is 1. The highest BCUT2D eigenvalue weighted by atomic mass is 16.6. The van der Waals surface area contributed by atoms with Crippen LogP contribution in [0.1, 0.15) is 18.4 Å². The Morgan fingerprint density at radius 3 is 2.70 bits per heavy atom. The van der Waals surface area contributed by atoms with Gasteiger partial charge < -0.3 is 19.9 Å². The van der Waals surface area contributed by atoms with Gasteiger partial charge in [-0.05, 0) is 24.5 Å². The van der Waals surface area contributed by atoms with Crippen molar-refractivity contribution in [3.05, 3.63) is 29.8 Å². The summed E-state index contributed by atoms with van der Waals surface area (Å²) in [5, 5.41) is 0. The zero-order valence-corrected chi connectivity index (χ0v) is 12.0. The molecule has 0 saturated heterocycles. The summed E-state index contributed by atoms with van der Waals surface area (Å²) in [6.07, 6.45) is 1.77.